The van der Waals surface area contributed by atoms with Crippen LogP contribution in [0.2, 0.25) is 0 Å². The Morgan fingerprint density at radius 2 is 2.00 bits per heavy atom. The van der Waals surface area contributed by atoms with Gasteiger partial charge in [-0.2, -0.15) is 0 Å². The lowest BCUT2D eigenvalue weighted by molar-refractivity contribution is -0.137. The Morgan fingerprint density at radius 3 is 2.57 bits per heavy atom. The van der Waals surface area contributed by atoms with E-state index in [0.29, 0.717) is 24.9 Å². The number of likely N-dealkylation sites (tertiary alicyclic amines) is 1. The molecule has 1 aliphatic rings. The molecule has 1 heterocycles. The second-order valence-electron chi connectivity index (χ2n) is 5.90. The summed E-state index contributed by atoms with van der Waals surface area (Å²) in [6, 6.07) is 5.51. The molecule has 4 heteroatoms. The lowest BCUT2D eigenvalue weighted by Crippen LogP contribution is -2.47. The summed E-state index contributed by atoms with van der Waals surface area (Å²) in [4.78, 5) is 14.4. The van der Waals surface area contributed by atoms with Crippen LogP contribution >= 0.6 is 0 Å². The van der Waals surface area contributed by atoms with Crippen molar-refractivity contribution in [3.63, 3.8) is 0 Å². The molecule has 1 aromatic rings. The highest BCUT2D eigenvalue weighted by molar-refractivity contribution is 5.77. The van der Waals surface area contributed by atoms with Crippen LogP contribution in [0.25, 0.3) is 0 Å². The Labute approximate surface area is 126 Å². The number of hydrogen-bond acceptors (Lipinski definition) is 2. The van der Waals surface area contributed by atoms with Crippen molar-refractivity contribution in [3.8, 4) is 5.75 Å². The quantitative estimate of drug-likeness (QED) is 0.849. The minimum absolute atomic E-state index is 0.172. The molecule has 1 fully saturated rings. The van der Waals surface area contributed by atoms with Crippen LogP contribution < -0.4 is 4.74 Å². The van der Waals surface area contributed by atoms with Gasteiger partial charge in [0.15, 0.2) is 11.6 Å². The van der Waals surface area contributed by atoms with E-state index in [9.17, 15) is 9.18 Å². The summed E-state index contributed by atoms with van der Waals surface area (Å²) in [6.45, 7) is 4.22. The highest BCUT2D eigenvalue weighted by Crippen LogP contribution is 2.24. The fourth-order valence-corrected chi connectivity index (χ4v) is 3.16. The van der Waals surface area contributed by atoms with E-state index in [1.807, 2.05) is 11.0 Å². The van der Waals surface area contributed by atoms with Gasteiger partial charge in [0.2, 0.25) is 5.91 Å². The van der Waals surface area contributed by atoms with Gasteiger partial charge >= 0.3 is 0 Å². The average Bonchev–Trinajstić information content (AvgIpc) is 2.45. The average molecular weight is 293 g/mol. The van der Waals surface area contributed by atoms with Crippen molar-refractivity contribution >= 4 is 5.91 Å². The molecular weight excluding hydrogens is 269 g/mol. The number of ether oxygens (including phenoxy) is 1. The predicted molar refractivity (Wildman–Crippen MR) is 80.9 cm³/mol. The standard InChI is InChI=1S/C17H24FNO2/c1-12-5-4-6-13(2)19(12)17(20)10-8-14-7-9-16(21-3)15(18)11-14/h7,9,11-13H,4-6,8,10H2,1-3H3. The first-order valence-electron chi connectivity index (χ1n) is 7.66. The largest absolute Gasteiger partial charge is 0.494 e. The molecule has 0 radical (unpaired) electrons. The number of carbonyl (C=O) groups is 1. The van der Waals surface area contributed by atoms with E-state index in [2.05, 4.69) is 13.8 Å². The van der Waals surface area contributed by atoms with Crippen LogP contribution in [-0.4, -0.2) is 30.0 Å². The Hall–Kier alpha value is -1.58. The van der Waals surface area contributed by atoms with Gasteiger partial charge in [0.1, 0.15) is 0 Å². The molecule has 0 aliphatic carbocycles. The van der Waals surface area contributed by atoms with Crippen LogP contribution in [0.5, 0.6) is 5.75 Å². The van der Waals surface area contributed by atoms with Crippen molar-refractivity contribution < 1.29 is 13.9 Å². The van der Waals surface area contributed by atoms with Crippen LogP contribution in [0.4, 0.5) is 4.39 Å². The van der Waals surface area contributed by atoms with Crippen molar-refractivity contribution in [1.82, 2.24) is 4.90 Å². The summed E-state index contributed by atoms with van der Waals surface area (Å²) < 4.78 is 18.5. The Morgan fingerprint density at radius 1 is 1.33 bits per heavy atom. The molecule has 0 spiro atoms. The first-order chi connectivity index (χ1) is 10.0. The van der Waals surface area contributed by atoms with Gasteiger partial charge in [-0.1, -0.05) is 6.07 Å². The lowest BCUT2D eigenvalue weighted by atomic mass is 9.96. The number of aryl methyl sites for hydroxylation is 1. The van der Waals surface area contributed by atoms with Gasteiger partial charge in [-0.15, -0.1) is 0 Å². The highest BCUT2D eigenvalue weighted by Gasteiger charge is 2.28. The smallest absolute Gasteiger partial charge is 0.223 e. The molecule has 0 aromatic heterocycles. The lowest BCUT2D eigenvalue weighted by Gasteiger charge is -2.39. The number of methoxy groups -OCH3 is 1. The summed E-state index contributed by atoms with van der Waals surface area (Å²) in [5.74, 6) is 0.0384. The van der Waals surface area contributed by atoms with E-state index in [1.54, 1.807) is 6.07 Å². The van der Waals surface area contributed by atoms with Crippen LogP contribution in [0, 0.1) is 5.82 Å². The van der Waals surface area contributed by atoms with Crippen LogP contribution in [0.1, 0.15) is 45.1 Å². The molecule has 1 aliphatic heterocycles. The number of carbonyl (C=O) groups excluding carboxylic acids is 1. The van der Waals surface area contributed by atoms with Crippen molar-refractivity contribution in [2.75, 3.05) is 7.11 Å². The molecular formula is C17H24FNO2. The number of rotatable bonds is 4. The number of hydrogen-bond donors (Lipinski definition) is 0. The summed E-state index contributed by atoms with van der Waals surface area (Å²) >= 11 is 0. The van der Waals surface area contributed by atoms with Gasteiger partial charge < -0.3 is 9.64 Å². The van der Waals surface area contributed by atoms with E-state index in [-0.39, 0.29) is 17.5 Å². The summed E-state index contributed by atoms with van der Waals surface area (Å²) in [7, 11) is 1.45. The number of amides is 1. The summed E-state index contributed by atoms with van der Waals surface area (Å²) in [5.41, 5.74) is 0.832. The summed E-state index contributed by atoms with van der Waals surface area (Å²) in [5, 5.41) is 0. The van der Waals surface area contributed by atoms with Gasteiger partial charge in [0, 0.05) is 18.5 Å². The molecule has 21 heavy (non-hydrogen) atoms. The minimum atomic E-state index is -0.373. The van der Waals surface area contributed by atoms with E-state index >= 15 is 0 Å². The zero-order valence-corrected chi connectivity index (χ0v) is 13.1. The monoisotopic (exact) mass is 293 g/mol. The first kappa shape index (κ1) is 15.8. The van der Waals surface area contributed by atoms with E-state index in [4.69, 9.17) is 4.74 Å². The van der Waals surface area contributed by atoms with E-state index in [1.165, 1.54) is 19.6 Å². The van der Waals surface area contributed by atoms with Gasteiger partial charge in [0.25, 0.3) is 0 Å². The fourth-order valence-electron chi connectivity index (χ4n) is 3.16. The molecule has 0 saturated carbocycles. The molecule has 116 valence electrons. The van der Waals surface area contributed by atoms with Gasteiger partial charge in [-0.05, 0) is 57.2 Å². The maximum atomic E-state index is 13.6. The number of halogens is 1. The van der Waals surface area contributed by atoms with Crippen LogP contribution in [-0.2, 0) is 11.2 Å². The third-order valence-corrected chi connectivity index (χ3v) is 4.33. The minimum Gasteiger partial charge on any atom is -0.494 e. The highest BCUT2D eigenvalue weighted by atomic mass is 19.1. The Bertz CT molecular complexity index is 494. The van der Waals surface area contributed by atoms with Crippen molar-refractivity contribution in [2.24, 2.45) is 0 Å². The molecule has 1 aromatic carbocycles. The Kier molecular flexibility index (Phi) is 5.21. The SMILES string of the molecule is COc1ccc(CCC(=O)N2C(C)CCCC2C)cc1F. The third kappa shape index (κ3) is 3.74. The molecule has 0 bridgehead atoms. The first-order valence-corrected chi connectivity index (χ1v) is 7.66. The van der Waals surface area contributed by atoms with Crippen molar-refractivity contribution in [1.29, 1.82) is 0 Å². The molecule has 1 amide bonds. The van der Waals surface area contributed by atoms with Crippen LogP contribution in [0.3, 0.4) is 0 Å². The summed E-state index contributed by atoms with van der Waals surface area (Å²) in [6.07, 6.45) is 4.34. The Balaban J connectivity index is 1.95. The number of benzene rings is 1. The molecule has 2 rings (SSSR count). The maximum absolute atomic E-state index is 13.6. The molecule has 2 atom stereocenters. The number of nitrogens with zero attached hydrogens (tertiary/aromatic N) is 1. The maximum Gasteiger partial charge on any atom is 0.223 e. The van der Waals surface area contributed by atoms with Gasteiger partial charge in [0.05, 0.1) is 7.11 Å². The predicted octanol–water partition coefficient (Wildman–Crippen LogP) is 3.56. The molecule has 3 nitrogen and oxygen atoms in total. The topological polar surface area (TPSA) is 29.5 Å². The second kappa shape index (κ2) is 6.92. The fraction of sp³-hybridized carbons (Fsp3) is 0.588. The molecule has 1 saturated heterocycles. The molecule has 0 N–H and O–H groups in total. The van der Waals surface area contributed by atoms with Gasteiger partial charge in [-0.3, -0.25) is 4.79 Å². The van der Waals surface area contributed by atoms with Crippen molar-refractivity contribution in [3.05, 3.63) is 29.6 Å². The zero-order chi connectivity index (χ0) is 15.4. The van der Waals surface area contributed by atoms with E-state index < -0.39 is 0 Å². The van der Waals surface area contributed by atoms with E-state index in [0.717, 1.165) is 18.4 Å². The second-order valence-corrected chi connectivity index (χ2v) is 5.90. The zero-order valence-electron chi connectivity index (χ0n) is 13.1. The van der Waals surface area contributed by atoms with Gasteiger partial charge in [-0.25, -0.2) is 4.39 Å². The van der Waals surface area contributed by atoms with Crippen LogP contribution in [0.15, 0.2) is 18.2 Å². The normalized spacial score (nSPS) is 22.2. The number of piperidine rings is 1. The van der Waals surface area contributed by atoms with Crippen molar-refractivity contribution in [2.45, 2.75) is 58.0 Å². The molecule has 2 unspecified atom stereocenters. The third-order valence-electron chi connectivity index (χ3n) is 4.33.